The van der Waals surface area contributed by atoms with Gasteiger partial charge in [-0.2, -0.15) is 5.10 Å². The number of rotatable bonds is 3. The number of amides is 2. The topological polar surface area (TPSA) is 70.6 Å². The summed E-state index contributed by atoms with van der Waals surface area (Å²) in [5.41, 5.74) is 2.88. The molecular formula is C15H18ClN3O2. The standard InChI is InChI=1S/C15H18ClN3O2/c16-13-9-5-4-6-11(13)10-17-19-15(21)14(20)18-12-7-2-1-3-8-12/h4-6,9-10,12H,1-3,7-8H2,(H,18,20)(H,19,21). The Balaban J connectivity index is 1.81. The third kappa shape index (κ3) is 4.86. The van der Waals surface area contributed by atoms with E-state index >= 15 is 0 Å². The Labute approximate surface area is 128 Å². The van der Waals surface area contributed by atoms with Gasteiger partial charge in [0.2, 0.25) is 0 Å². The molecule has 0 heterocycles. The van der Waals surface area contributed by atoms with E-state index in [-0.39, 0.29) is 6.04 Å². The quantitative estimate of drug-likeness (QED) is 0.511. The molecule has 2 rings (SSSR count). The van der Waals surface area contributed by atoms with E-state index < -0.39 is 11.8 Å². The number of nitrogens with one attached hydrogen (secondary N) is 2. The molecule has 0 radical (unpaired) electrons. The summed E-state index contributed by atoms with van der Waals surface area (Å²) in [5, 5.41) is 7.00. The van der Waals surface area contributed by atoms with Crippen LogP contribution in [-0.2, 0) is 9.59 Å². The van der Waals surface area contributed by atoms with Gasteiger partial charge in [0.15, 0.2) is 0 Å². The Bertz CT molecular complexity index is 539. The van der Waals surface area contributed by atoms with Crippen molar-refractivity contribution in [1.82, 2.24) is 10.7 Å². The monoisotopic (exact) mass is 307 g/mol. The second-order valence-corrected chi connectivity index (χ2v) is 5.44. The lowest BCUT2D eigenvalue weighted by Crippen LogP contribution is -2.44. The summed E-state index contributed by atoms with van der Waals surface area (Å²) in [5.74, 6) is -1.40. The first kappa shape index (κ1) is 15.5. The minimum Gasteiger partial charge on any atom is -0.345 e. The Morgan fingerprint density at radius 2 is 1.86 bits per heavy atom. The number of nitrogens with zero attached hydrogens (tertiary/aromatic N) is 1. The molecular weight excluding hydrogens is 290 g/mol. The highest BCUT2D eigenvalue weighted by Crippen LogP contribution is 2.17. The molecule has 2 amide bonds. The van der Waals surface area contributed by atoms with Gasteiger partial charge in [-0.15, -0.1) is 0 Å². The zero-order valence-electron chi connectivity index (χ0n) is 11.6. The third-order valence-corrected chi connectivity index (χ3v) is 3.77. The molecule has 0 aromatic heterocycles. The van der Waals surface area contributed by atoms with Crippen LogP contribution >= 0.6 is 11.6 Å². The van der Waals surface area contributed by atoms with Gasteiger partial charge in [0.05, 0.1) is 6.21 Å². The lowest BCUT2D eigenvalue weighted by atomic mass is 9.95. The van der Waals surface area contributed by atoms with Crippen molar-refractivity contribution in [2.24, 2.45) is 5.10 Å². The Kier molecular flexibility index (Phi) is 5.75. The van der Waals surface area contributed by atoms with Crippen molar-refractivity contribution in [1.29, 1.82) is 0 Å². The molecule has 1 aromatic carbocycles. The van der Waals surface area contributed by atoms with Crippen LogP contribution in [0.15, 0.2) is 29.4 Å². The number of hydrogen-bond acceptors (Lipinski definition) is 3. The molecule has 1 saturated carbocycles. The Morgan fingerprint density at radius 1 is 1.14 bits per heavy atom. The first-order chi connectivity index (χ1) is 10.2. The van der Waals surface area contributed by atoms with Gasteiger partial charge in [-0.3, -0.25) is 9.59 Å². The molecule has 1 fully saturated rings. The molecule has 0 unspecified atom stereocenters. The van der Waals surface area contributed by atoms with Crippen LogP contribution in [0.25, 0.3) is 0 Å². The highest BCUT2D eigenvalue weighted by molar-refractivity contribution is 6.35. The minimum atomic E-state index is -0.760. The lowest BCUT2D eigenvalue weighted by Gasteiger charge is -2.22. The van der Waals surface area contributed by atoms with Crippen LogP contribution in [0, 0.1) is 0 Å². The maximum absolute atomic E-state index is 11.7. The first-order valence-electron chi connectivity index (χ1n) is 7.05. The molecule has 1 aliphatic rings. The molecule has 5 nitrogen and oxygen atoms in total. The van der Waals surface area contributed by atoms with Crippen molar-refractivity contribution < 1.29 is 9.59 Å². The summed E-state index contributed by atoms with van der Waals surface area (Å²) >= 11 is 5.95. The number of carbonyl (C=O) groups excluding carboxylic acids is 2. The molecule has 21 heavy (non-hydrogen) atoms. The summed E-state index contributed by atoms with van der Waals surface area (Å²) in [6.45, 7) is 0. The number of carbonyl (C=O) groups is 2. The van der Waals surface area contributed by atoms with Crippen LogP contribution in [0.3, 0.4) is 0 Å². The van der Waals surface area contributed by atoms with Gasteiger partial charge in [0.25, 0.3) is 0 Å². The molecule has 1 aromatic rings. The number of benzene rings is 1. The first-order valence-corrected chi connectivity index (χ1v) is 7.43. The number of hydrogen-bond donors (Lipinski definition) is 2. The normalized spacial score (nSPS) is 15.9. The molecule has 6 heteroatoms. The predicted molar refractivity (Wildman–Crippen MR) is 82.2 cm³/mol. The average molecular weight is 308 g/mol. The number of halogens is 1. The second kappa shape index (κ2) is 7.78. The summed E-state index contributed by atoms with van der Waals surface area (Å²) in [4.78, 5) is 23.3. The maximum Gasteiger partial charge on any atom is 0.329 e. The molecule has 112 valence electrons. The van der Waals surface area contributed by atoms with Gasteiger partial charge in [-0.25, -0.2) is 5.43 Å². The fraction of sp³-hybridized carbons (Fsp3) is 0.400. The maximum atomic E-state index is 11.7. The van der Waals surface area contributed by atoms with Crippen LogP contribution in [0.1, 0.15) is 37.7 Å². The number of hydrazone groups is 1. The van der Waals surface area contributed by atoms with Crippen LogP contribution in [0.2, 0.25) is 5.02 Å². The summed E-state index contributed by atoms with van der Waals surface area (Å²) < 4.78 is 0. The van der Waals surface area contributed by atoms with Crippen molar-refractivity contribution in [2.75, 3.05) is 0 Å². The van der Waals surface area contributed by atoms with Crippen LogP contribution in [0.4, 0.5) is 0 Å². The largest absolute Gasteiger partial charge is 0.345 e. The molecule has 0 saturated heterocycles. The van der Waals surface area contributed by atoms with Crippen LogP contribution in [0.5, 0.6) is 0 Å². The van der Waals surface area contributed by atoms with E-state index in [1.165, 1.54) is 12.6 Å². The van der Waals surface area contributed by atoms with Gasteiger partial charge in [0, 0.05) is 16.6 Å². The van der Waals surface area contributed by atoms with E-state index in [0.717, 1.165) is 25.7 Å². The van der Waals surface area contributed by atoms with Gasteiger partial charge in [-0.05, 0) is 18.9 Å². The SMILES string of the molecule is O=C(NN=Cc1ccccc1Cl)C(=O)NC1CCCCC1. The van der Waals surface area contributed by atoms with Crippen molar-refractivity contribution in [3.05, 3.63) is 34.9 Å². The predicted octanol–water partition coefficient (Wildman–Crippen LogP) is 2.24. The van der Waals surface area contributed by atoms with Crippen molar-refractivity contribution in [3.63, 3.8) is 0 Å². The fourth-order valence-electron chi connectivity index (χ4n) is 2.29. The smallest absolute Gasteiger partial charge is 0.329 e. The van der Waals surface area contributed by atoms with Crippen molar-refractivity contribution in [3.8, 4) is 0 Å². The minimum absolute atomic E-state index is 0.101. The molecule has 0 spiro atoms. The van der Waals surface area contributed by atoms with E-state index in [1.54, 1.807) is 18.2 Å². The van der Waals surface area contributed by atoms with Gasteiger partial charge in [0.1, 0.15) is 0 Å². The van der Waals surface area contributed by atoms with Gasteiger partial charge < -0.3 is 5.32 Å². The second-order valence-electron chi connectivity index (χ2n) is 5.03. The highest BCUT2D eigenvalue weighted by Gasteiger charge is 2.19. The molecule has 2 N–H and O–H groups in total. The van der Waals surface area contributed by atoms with Crippen LogP contribution in [-0.4, -0.2) is 24.1 Å². The zero-order valence-corrected chi connectivity index (χ0v) is 12.4. The molecule has 0 aliphatic heterocycles. The summed E-state index contributed by atoms with van der Waals surface area (Å²) in [7, 11) is 0. The fourth-order valence-corrected chi connectivity index (χ4v) is 2.47. The molecule has 1 aliphatic carbocycles. The van der Waals surface area contributed by atoms with Crippen molar-refractivity contribution >= 4 is 29.6 Å². The van der Waals surface area contributed by atoms with Gasteiger partial charge >= 0.3 is 11.8 Å². The highest BCUT2D eigenvalue weighted by atomic mass is 35.5. The third-order valence-electron chi connectivity index (χ3n) is 3.42. The van der Waals surface area contributed by atoms with Crippen LogP contribution < -0.4 is 10.7 Å². The van der Waals surface area contributed by atoms with E-state index in [2.05, 4.69) is 15.8 Å². The van der Waals surface area contributed by atoms with E-state index in [1.807, 2.05) is 6.07 Å². The average Bonchev–Trinajstić information content (AvgIpc) is 2.50. The molecule has 0 atom stereocenters. The zero-order chi connectivity index (χ0) is 15.1. The van der Waals surface area contributed by atoms with E-state index in [0.29, 0.717) is 10.6 Å². The van der Waals surface area contributed by atoms with E-state index in [4.69, 9.17) is 11.6 Å². The van der Waals surface area contributed by atoms with E-state index in [9.17, 15) is 9.59 Å². The summed E-state index contributed by atoms with van der Waals surface area (Å²) in [6, 6.07) is 7.20. The van der Waals surface area contributed by atoms with Gasteiger partial charge in [-0.1, -0.05) is 49.1 Å². The molecule has 0 bridgehead atoms. The summed E-state index contributed by atoms with van der Waals surface area (Å²) in [6.07, 6.45) is 6.66. The Hall–Kier alpha value is -1.88. The lowest BCUT2D eigenvalue weighted by molar-refractivity contribution is -0.139. The Morgan fingerprint density at radius 3 is 2.57 bits per heavy atom. The van der Waals surface area contributed by atoms with Crippen molar-refractivity contribution in [2.45, 2.75) is 38.1 Å².